The van der Waals surface area contributed by atoms with Crippen molar-refractivity contribution in [2.75, 3.05) is 14.2 Å². The van der Waals surface area contributed by atoms with Gasteiger partial charge in [-0.3, -0.25) is 15.3 Å². The van der Waals surface area contributed by atoms with Gasteiger partial charge in [-0.05, 0) is 18.2 Å². The van der Waals surface area contributed by atoms with Gasteiger partial charge in [-0.1, -0.05) is 24.3 Å². The summed E-state index contributed by atoms with van der Waals surface area (Å²) in [6.45, 7) is 0. The van der Waals surface area contributed by atoms with Crippen LogP contribution in [0.4, 0.5) is 0 Å². The van der Waals surface area contributed by atoms with Gasteiger partial charge in [0.05, 0.1) is 12.8 Å². The van der Waals surface area contributed by atoms with Crippen LogP contribution in [0, 0.1) is 11.5 Å². The molecule has 6 nitrogen and oxygen atoms in total. The summed E-state index contributed by atoms with van der Waals surface area (Å²) in [4.78, 5) is 8.42. The number of hydrogen-bond acceptors (Lipinski definition) is 4. The first kappa shape index (κ1) is 15.3. The molecule has 0 aliphatic carbocycles. The topological polar surface area (TPSA) is 82.3 Å². The zero-order chi connectivity index (χ0) is 15.8. The second kappa shape index (κ2) is 7.64. The number of aliphatic imine (C=N–C) groups is 1. The predicted octanol–water partition coefficient (Wildman–Crippen LogP) is 1.83. The molecule has 0 aliphatic rings. The molecule has 2 N–H and O–H groups in total. The van der Waals surface area contributed by atoms with Gasteiger partial charge in [0.2, 0.25) is 5.96 Å². The first-order valence-corrected chi connectivity index (χ1v) is 6.72. The van der Waals surface area contributed by atoms with Gasteiger partial charge >= 0.3 is 0 Å². The molecule has 2 rings (SSSR count). The lowest BCUT2D eigenvalue weighted by Gasteiger charge is -2.22. The summed E-state index contributed by atoms with van der Waals surface area (Å²) in [7, 11) is 3.22. The van der Waals surface area contributed by atoms with Crippen LogP contribution in [0.25, 0.3) is 0 Å². The van der Waals surface area contributed by atoms with Gasteiger partial charge in [-0.15, -0.1) is 0 Å². The minimum atomic E-state index is -0.295. The monoisotopic (exact) mass is 295 g/mol. The van der Waals surface area contributed by atoms with E-state index >= 15 is 0 Å². The molecule has 1 atom stereocenters. The Balaban J connectivity index is 2.44. The molecule has 0 amide bonds. The van der Waals surface area contributed by atoms with Gasteiger partial charge in [0.25, 0.3) is 0 Å². The van der Waals surface area contributed by atoms with Crippen molar-refractivity contribution < 1.29 is 4.74 Å². The van der Waals surface area contributed by atoms with Crippen LogP contribution in [-0.4, -0.2) is 25.1 Å². The Kier molecular flexibility index (Phi) is 5.32. The van der Waals surface area contributed by atoms with Crippen molar-refractivity contribution in [1.29, 1.82) is 5.26 Å². The van der Waals surface area contributed by atoms with E-state index in [-0.39, 0.29) is 6.04 Å². The smallest absolute Gasteiger partial charge is 0.205 e. The number of pyridine rings is 1. The highest BCUT2D eigenvalue weighted by molar-refractivity contribution is 5.82. The summed E-state index contributed by atoms with van der Waals surface area (Å²) < 4.78 is 5.43. The molecule has 1 aromatic heterocycles. The van der Waals surface area contributed by atoms with Crippen LogP contribution in [0.1, 0.15) is 17.3 Å². The van der Waals surface area contributed by atoms with Crippen LogP contribution < -0.4 is 15.4 Å². The van der Waals surface area contributed by atoms with E-state index in [0.29, 0.717) is 5.96 Å². The van der Waals surface area contributed by atoms with E-state index in [4.69, 9.17) is 10.00 Å². The van der Waals surface area contributed by atoms with E-state index in [1.54, 1.807) is 20.4 Å². The normalized spacial score (nSPS) is 12.1. The first-order valence-electron chi connectivity index (χ1n) is 6.72. The number of para-hydroxylation sites is 1. The lowest BCUT2D eigenvalue weighted by molar-refractivity contribution is 0.406. The van der Waals surface area contributed by atoms with E-state index in [9.17, 15) is 0 Å². The van der Waals surface area contributed by atoms with Gasteiger partial charge in [-0.2, -0.15) is 5.26 Å². The Morgan fingerprint density at radius 3 is 2.68 bits per heavy atom. The fraction of sp³-hybridized carbons (Fsp3) is 0.188. The van der Waals surface area contributed by atoms with Crippen molar-refractivity contribution in [3.8, 4) is 11.9 Å². The molecule has 0 bridgehead atoms. The van der Waals surface area contributed by atoms with Crippen LogP contribution in [0.2, 0.25) is 0 Å². The summed E-state index contributed by atoms with van der Waals surface area (Å²) in [5, 5.41) is 14.5. The SMILES string of the molecule is CN=C(NC#N)NC(c1ccccn1)c1ccccc1OC. The van der Waals surface area contributed by atoms with Crippen LogP contribution in [0.15, 0.2) is 53.7 Å². The third-order valence-corrected chi connectivity index (χ3v) is 3.11. The van der Waals surface area contributed by atoms with Gasteiger partial charge in [0, 0.05) is 18.8 Å². The molecule has 1 aromatic carbocycles. The van der Waals surface area contributed by atoms with E-state index in [1.807, 2.05) is 48.7 Å². The van der Waals surface area contributed by atoms with Crippen molar-refractivity contribution in [2.24, 2.45) is 4.99 Å². The number of aromatic nitrogens is 1. The molecule has 6 heteroatoms. The Morgan fingerprint density at radius 2 is 2.05 bits per heavy atom. The number of rotatable bonds is 4. The molecule has 112 valence electrons. The number of nitriles is 1. The molecular weight excluding hydrogens is 278 g/mol. The number of guanidine groups is 1. The van der Waals surface area contributed by atoms with Gasteiger partial charge in [0.1, 0.15) is 11.8 Å². The zero-order valence-corrected chi connectivity index (χ0v) is 12.4. The van der Waals surface area contributed by atoms with E-state index in [0.717, 1.165) is 17.0 Å². The van der Waals surface area contributed by atoms with Crippen LogP contribution >= 0.6 is 0 Å². The van der Waals surface area contributed by atoms with Crippen LogP contribution in [0.3, 0.4) is 0 Å². The second-order valence-electron chi connectivity index (χ2n) is 4.38. The number of nitrogens with zero attached hydrogens (tertiary/aromatic N) is 3. The zero-order valence-electron chi connectivity index (χ0n) is 12.4. The Morgan fingerprint density at radius 1 is 1.27 bits per heavy atom. The first-order chi connectivity index (χ1) is 10.8. The lowest BCUT2D eigenvalue weighted by Crippen LogP contribution is -2.38. The molecule has 22 heavy (non-hydrogen) atoms. The number of hydrogen-bond donors (Lipinski definition) is 2. The van der Waals surface area contributed by atoms with E-state index in [1.165, 1.54) is 0 Å². The third-order valence-electron chi connectivity index (χ3n) is 3.11. The standard InChI is InChI=1S/C16H17N5O/c1-18-16(20-11-17)21-15(13-8-5-6-10-19-13)12-7-3-4-9-14(12)22-2/h3-10,15H,1-2H3,(H2,18,20,21). The number of benzene rings is 1. The molecule has 0 saturated carbocycles. The Bertz CT molecular complexity index is 678. The quantitative estimate of drug-likeness (QED) is 0.389. The fourth-order valence-corrected chi connectivity index (χ4v) is 2.11. The molecule has 1 heterocycles. The molecule has 0 fully saturated rings. The molecule has 1 unspecified atom stereocenters. The summed E-state index contributed by atoms with van der Waals surface area (Å²) >= 11 is 0. The average molecular weight is 295 g/mol. The van der Waals surface area contributed by atoms with Gasteiger partial charge in [-0.25, -0.2) is 0 Å². The number of methoxy groups -OCH3 is 1. The molecule has 0 spiro atoms. The number of ether oxygens (including phenoxy) is 1. The largest absolute Gasteiger partial charge is 0.496 e. The Hall–Kier alpha value is -3.07. The maximum Gasteiger partial charge on any atom is 0.205 e. The van der Waals surface area contributed by atoms with Crippen molar-refractivity contribution in [3.63, 3.8) is 0 Å². The maximum atomic E-state index is 8.80. The summed E-state index contributed by atoms with van der Waals surface area (Å²) in [6.07, 6.45) is 3.58. The minimum Gasteiger partial charge on any atom is -0.496 e. The predicted molar refractivity (Wildman–Crippen MR) is 84.3 cm³/mol. The average Bonchev–Trinajstić information content (AvgIpc) is 2.59. The van der Waals surface area contributed by atoms with Gasteiger partial charge in [0.15, 0.2) is 6.19 Å². The summed E-state index contributed by atoms with van der Waals surface area (Å²) in [6, 6.07) is 13.0. The van der Waals surface area contributed by atoms with E-state index < -0.39 is 0 Å². The minimum absolute atomic E-state index is 0.295. The maximum absolute atomic E-state index is 8.80. The molecular formula is C16H17N5O. The molecule has 0 saturated heterocycles. The lowest BCUT2D eigenvalue weighted by atomic mass is 10.0. The van der Waals surface area contributed by atoms with Crippen molar-refractivity contribution >= 4 is 5.96 Å². The highest BCUT2D eigenvalue weighted by atomic mass is 16.5. The number of nitrogens with one attached hydrogen (secondary N) is 2. The Labute approximate surface area is 129 Å². The third kappa shape index (κ3) is 3.52. The highest BCUT2D eigenvalue weighted by Gasteiger charge is 2.20. The molecule has 2 aromatic rings. The fourth-order valence-electron chi connectivity index (χ4n) is 2.11. The van der Waals surface area contributed by atoms with Crippen molar-refractivity contribution in [2.45, 2.75) is 6.04 Å². The summed E-state index contributed by atoms with van der Waals surface area (Å²) in [5.41, 5.74) is 1.71. The van der Waals surface area contributed by atoms with Crippen LogP contribution in [0.5, 0.6) is 5.75 Å². The molecule has 0 radical (unpaired) electrons. The van der Waals surface area contributed by atoms with E-state index in [2.05, 4.69) is 20.6 Å². The van der Waals surface area contributed by atoms with Crippen molar-refractivity contribution in [3.05, 3.63) is 59.9 Å². The highest BCUT2D eigenvalue weighted by Crippen LogP contribution is 2.28. The van der Waals surface area contributed by atoms with Crippen molar-refractivity contribution in [1.82, 2.24) is 15.6 Å². The van der Waals surface area contributed by atoms with Gasteiger partial charge < -0.3 is 10.1 Å². The molecule has 0 aliphatic heterocycles. The summed E-state index contributed by atoms with van der Waals surface area (Å²) in [5.74, 6) is 1.10. The second-order valence-corrected chi connectivity index (χ2v) is 4.38. The van der Waals surface area contributed by atoms with Crippen LogP contribution in [-0.2, 0) is 0 Å².